The molecule has 0 bridgehead atoms. The number of carbonyl (C=O) groups is 1. The molecule has 7 heteroatoms. The third kappa shape index (κ3) is 4.71. The minimum Gasteiger partial charge on any atom is -0.493 e. The van der Waals surface area contributed by atoms with Crippen LogP contribution in [0.2, 0.25) is 0 Å². The minimum absolute atomic E-state index is 0.0305. The van der Waals surface area contributed by atoms with Crippen molar-refractivity contribution in [2.45, 2.75) is 31.8 Å². The number of hydrogen-bond donors (Lipinski definition) is 1. The number of rotatable bonds is 8. The highest BCUT2D eigenvalue weighted by Gasteiger charge is 2.21. The molecular weight excluding hydrogens is 276 g/mol. The lowest BCUT2D eigenvalue weighted by Crippen LogP contribution is -2.16. The molecule has 0 radical (unpaired) electrons. The Kier molecular flexibility index (Phi) is 5.10. The van der Waals surface area contributed by atoms with E-state index in [9.17, 15) is 14.9 Å². The molecule has 0 aromatic heterocycles. The van der Waals surface area contributed by atoms with Crippen LogP contribution in [0.3, 0.4) is 0 Å². The number of nitrogens with zero attached hydrogens (tertiary/aromatic N) is 1. The van der Waals surface area contributed by atoms with Gasteiger partial charge >= 0.3 is 5.97 Å². The van der Waals surface area contributed by atoms with Crippen molar-refractivity contribution in [3.8, 4) is 5.75 Å². The van der Waals surface area contributed by atoms with Crippen molar-refractivity contribution in [3.05, 3.63) is 33.9 Å². The number of ether oxygens (including phenoxy) is 2. The van der Waals surface area contributed by atoms with Crippen molar-refractivity contribution in [1.82, 2.24) is 5.32 Å². The molecule has 1 saturated carbocycles. The fraction of sp³-hybridized carbons (Fsp3) is 0.500. The van der Waals surface area contributed by atoms with Crippen LogP contribution in [0, 0.1) is 10.1 Å². The molecule has 21 heavy (non-hydrogen) atoms. The third-order valence-electron chi connectivity index (χ3n) is 3.20. The summed E-state index contributed by atoms with van der Waals surface area (Å²) in [5.74, 6) is 0.201. The number of nitrogens with one attached hydrogen (secondary N) is 1. The Morgan fingerprint density at radius 3 is 2.86 bits per heavy atom. The maximum atomic E-state index is 11.0. The first-order chi connectivity index (χ1) is 10.1. The van der Waals surface area contributed by atoms with Gasteiger partial charge in [-0.1, -0.05) is 0 Å². The molecule has 114 valence electrons. The fourth-order valence-electron chi connectivity index (χ4n) is 1.85. The normalized spacial score (nSPS) is 13.8. The number of benzene rings is 1. The zero-order valence-corrected chi connectivity index (χ0v) is 11.8. The van der Waals surface area contributed by atoms with Gasteiger partial charge < -0.3 is 14.8 Å². The van der Waals surface area contributed by atoms with Gasteiger partial charge in [-0.2, -0.15) is 0 Å². The first-order valence-electron chi connectivity index (χ1n) is 6.80. The average molecular weight is 294 g/mol. The highest BCUT2D eigenvalue weighted by molar-refractivity contribution is 5.69. The first-order valence-corrected chi connectivity index (χ1v) is 6.80. The highest BCUT2D eigenvalue weighted by atomic mass is 16.6. The van der Waals surface area contributed by atoms with Gasteiger partial charge in [-0.3, -0.25) is 14.9 Å². The molecule has 0 aliphatic heterocycles. The van der Waals surface area contributed by atoms with Crippen molar-refractivity contribution < 1.29 is 19.2 Å². The lowest BCUT2D eigenvalue weighted by atomic mass is 10.1. The van der Waals surface area contributed by atoms with E-state index >= 15 is 0 Å². The van der Waals surface area contributed by atoms with Gasteiger partial charge in [0.25, 0.3) is 5.69 Å². The molecule has 1 aromatic carbocycles. The molecule has 1 N–H and O–H groups in total. The van der Waals surface area contributed by atoms with Gasteiger partial charge in [-0.25, -0.2) is 0 Å². The van der Waals surface area contributed by atoms with Gasteiger partial charge in [0.1, 0.15) is 5.75 Å². The Balaban J connectivity index is 2.02. The second-order valence-corrected chi connectivity index (χ2v) is 4.88. The summed E-state index contributed by atoms with van der Waals surface area (Å²) in [4.78, 5) is 21.5. The summed E-state index contributed by atoms with van der Waals surface area (Å²) < 4.78 is 10.1. The summed E-state index contributed by atoms with van der Waals surface area (Å²) in [6.07, 6.45) is 2.41. The summed E-state index contributed by atoms with van der Waals surface area (Å²) in [5.41, 5.74) is 0.754. The minimum atomic E-state index is -0.432. The van der Waals surface area contributed by atoms with Gasteiger partial charge in [0.05, 0.1) is 25.1 Å². The number of nitro groups is 1. The van der Waals surface area contributed by atoms with Crippen LogP contribution in [0.4, 0.5) is 5.69 Å². The van der Waals surface area contributed by atoms with E-state index in [4.69, 9.17) is 4.74 Å². The molecule has 1 fully saturated rings. The summed E-state index contributed by atoms with van der Waals surface area (Å²) in [7, 11) is 1.32. The second kappa shape index (κ2) is 7.03. The van der Waals surface area contributed by atoms with Gasteiger partial charge in [0, 0.05) is 30.3 Å². The Morgan fingerprint density at radius 2 is 2.24 bits per heavy atom. The Bertz CT molecular complexity index is 528. The maximum absolute atomic E-state index is 11.0. The lowest BCUT2D eigenvalue weighted by Gasteiger charge is -2.11. The SMILES string of the molecule is COC(=O)CCOc1ccc([N+](=O)[O-])cc1CNC1CC1. The lowest BCUT2D eigenvalue weighted by molar-refractivity contribution is -0.384. The first kappa shape index (κ1) is 15.2. The van der Waals surface area contributed by atoms with Crippen LogP contribution in [0.1, 0.15) is 24.8 Å². The van der Waals surface area contributed by atoms with Crippen LogP contribution in [0.15, 0.2) is 18.2 Å². The fourth-order valence-corrected chi connectivity index (χ4v) is 1.85. The molecule has 1 aliphatic carbocycles. The number of nitro benzene ring substituents is 1. The molecule has 0 amide bonds. The van der Waals surface area contributed by atoms with Crippen LogP contribution >= 0.6 is 0 Å². The van der Waals surface area contributed by atoms with Crippen LogP contribution in [0.5, 0.6) is 5.75 Å². The van der Waals surface area contributed by atoms with E-state index in [0.29, 0.717) is 18.3 Å². The Hall–Kier alpha value is -2.15. The van der Waals surface area contributed by atoms with Gasteiger partial charge in [0.15, 0.2) is 0 Å². The zero-order chi connectivity index (χ0) is 15.2. The van der Waals surface area contributed by atoms with E-state index in [0.717, 1.165) is 18.4 Å². The largest absolute Gasteiger partial charge is 0.493 e. The summed E-state index contributed by atoms with van der Waals surface area (Å²) in [6.45, 7) is 0.695. The van der Waals surface area contributed by atoms with E-state index in [1.165, 1.54) is 19.2 Å². The zero-order valence-electron chi connectivity index (χ0n) is 11.8. The van der Waals surface area contributed by atoms with Crippen molar-refractivity contribution in [2.24, 2.45) is 0 Å². The molecule has 0 spiro atoms. The smallest absolute Gasteiger partial charge is 0.308 e. The van der Waals surface area contributed by atoms with E-state index in [-0.39, 0.29) is 24.7 Å². The Morgan fingerprint density at radius 1 is 1.48 bits per heavy atom. The molecule has 1 aliphatic rings. The van der Waals surface area contributed by atoms with Gasteiger partial charge in [-0.15, -0.1) is 0 Å². The molecular formula is C14H18N2O5. The van der Waals surface area contributed by atoms with Crippen LogP contribution < -0.4 is 10.1 Å². The van der Waals surface area contributed by atoms with E-state index in [1.807, 2.05) is 0 Å². The van der Waals surface area contributed by atoms with Crippen LogP contribution in [-0.4, -0.2) is 30.7 Å². The molecule has 1 aromatic rings. The summed E-state index contributed by atoms with van der Waals surface area (Å²) in [6, 6.07) is 4.96. The highest BCUT2D eigenvalue weighted by Crippen LogP contribution is 2.26. The molecule has 0 atom stereocenters. The van der Waals surface area contributed by atoms with Crippen molar-refractivity contribution in [1.29, 1.82) is 0 Å². The van der Waals surface area contributed by atoms with Crippen molar-refractivity contribution >= 4 is 11.7 Å². The standard InChI is InChI=1S/C14H18N2O5/c1-20-14(17)6-7-21-13-5-4-12(16(18)19)8-10(13)9-15-11-2-3-11/h4-5,8,11,15H,2-3,6-7,9H2,1H3. The van der Waals surface area contributed by atoms with E-state index in [1.54, 1.807) is 6.07 Å². The van der Waals surface area contributed by atoms with Gasteiger partial charge in [-0.05, 0) is 18.9 Å². The van der Waals surface area contributed by atoms with E-state index < -0.39 is 4.92 Å². The molecule has 0 unspecified atom stereocenters. The van der Waals surface area contributed by atoms with Gasteiger partial charge in [0.2, 0.25) is 0 Å². The number of carbonyl (C=O) groups excluding carboxylic acids is 1. The number of esters is 1. The average Bonchev–Trinajstić information content (AvgIpc) is 3.29. The molecule has 0 saturated heterocycles. The summed E-state index contributed by atoms with van der Waals surface area (Å²) >= 11 is 0. The molecule has 2 rings (SSSR count). The topological polar surface area (TPSA) is 90.7 Å². The van der Waals surface area contributed by atoms with E-state index in [2.05, 4.69) is 10.1 Å². The number of hydrogen-bond acceptors (Lipinski definition) is 6. The predicted octanol–water partition coefficient (Wildman–Crippen LogP) is 1.79. The Labute approximate surface area is 122 Å². The van der Waals surface area contributed by atoms with Crippen LogP contribution in [0.25, 0.3) is 0 Å². The monoisotopic (exact) mass is 294 g/mol. The van der Waals surface area contributed by atoms with Crippen LogP contribution in [-0.2, 0) is 16.1 Å². The van der Waals surface area contributed by atoms with Crippen molar-refractivity contribution in [3.63, 3.8) is 0 Å². The number of non-ortho nitro benzene ring substituents is 1. The third-order valence-corrected chi connectivity index (χ3v) is 3.20. The molecule has 0 heterocycles. The quantitative estimate of drug-likeness (QED) is 0.446. The van der Waals surface area contributed by atoms with Crippen molar-refractivity contribution in [2.75, 3.05) is 13.7 Å². The number of methoxy groups -OCH3 is 1. The summed E-state index contributed by atoms with van der Waals surface area (Å²) in [5, 5.41) is 14.1. The second-order valence-electron chi connectivity index (χ2n) is 4.88. The molecule has 7 nitrogen and oxygen atoms in total. The maximum Gasteiger partial charge on any atom is 0.308 e. The predicted molar refractivity (Wildman–Crippen MR) is 75.1 cm³/mol.